The lowest BCUT2D eigenvalue weighted by Crippen LogP contribution is -2.35. The number of nitrogens with one attached hydrogen (secondary N) is 1. The molecule has 4 aromatic rings. The van der Waals surface area contributed by atoms with Gasteiger partial charge in [-0.2, -0.15) is 0 Å². The van der Waals surface area contributed by atoms with Gasteiger partial charge in [0.25, 0.3) is 5.91 Å². The quantitative estimate of drug-likeness (QED) is 0.301. The van der Waals surface area contributed by atoms with Crippen LogP contribution in [0.4, 0.5) is 4.79 Å². The maximum Gasteiger partial charge on any atom is 0.407 e. The van der Waals surface area contributed by atoms with E-state index in [0.29, 0.717) is 15.6 Å². The van der Waals surface area contributed by atoms with Gasteiger partial charge in [-0.1, -0.05) is 78.9 Å². The van der Waals surface area contributed by atoms with E-state index in [1.807, 2.05) is 54.6 Å². The van der Waals surface area contributed by atoms with Gasteiger partial charge in [0, 0.05) is 12.5 Å². The molecule has 0 saturated carbocycles. The zero-order chi connectivity index (χ0) is 27.4. The lowest BCUT2D eigenvalue weighted by Gasteiger charge is -2.20. The molecule has 0 atom stereocenters. The molecule has 8 nitrogen and oxygen atoms in total. The van der Waals surface area contributed by atoms with Crippen molar-refractivity contribution in [2.45, 2.75) is 25.9 Å². The van der Waals surface area contributed by atoms with Gasteiger partial charge in [-0.15, -0.1) is 11.3 Å². The van der Waals surface area contributed by atoms with Crippen LogP contribution in [0.1, 0.15) is 43.0 Å². The Balaban J connectivity index is 1.21. The number of carbonyl (C=O) groups is 3. The maximum atomic E-state index is 13.2. The van der Waals surface area contributed by atoms with E-state index in [1.54, 1.807) is 6.92 Å². The smallest absolute Gasteiger partial charge is 0.407 e. The molecule has 1 aliphatic carbocycles. The fourth-order valence-corrected chi connectivity index (χ4v) is 5.81. The van der Waals surface area contributed by atoms with Crippen LogP contribution in [-0.2, 0) is 22.6 Å². The van der Waals surface area contributed by atoms with Crippen LogP contribution in [0.5, 0.6) is 0 Å². The molecule has 2 amide bonds. The minimum atomic E-state index is -1.10. The van der Waals surface area contributed by atoms with Gasteiger partial charge in [0.15, 0.2) is 0 Å². The molecule has 5 rings (SSSR count). The van der Waals surface area contributed by atoms with E-state index in [9.17, 15) is 19.5 Å². The molecule has 1 aliphatic rings. The third-order valence-corrected chi connectivity index (χ3v) is 7.74. The third kappa shape index (κ3) is 5.83. The van der Waals surface area contributed by atoms with Crippen molar-refractivity contribution in [3.63, 3.8) is 0 Å². The van der Waals surface area contributed by atoms with Crippen molar-refractivity contribution in [1.29, 1.82) is 0 Å². The number of benzene rings is 3. The van der Waals surface area contributed by atoms with Gasteiger partial charge in [-0.05, 0) is 34.7 Å². The molecule has 198 valence electrons. The molecule has 0 bridgehead atoms. The summed E-state index contributed by atoms with van der Waals surface area (Å²) in [4.78, 5) is 43.3. The van der Waals surface area contributed by atoms with Crippen LogP contribution < -0.4 is 5.32 Å². The van der Waals surface area contributed by atoms with Gasteiger partial charge in [-0.25, -0.2) is 9.78 Å². The number of rotatable bonds is 9. The van der Waals surface area contributed by atoms with Gasteiger partial charge in [0.2, 0.25) is 0 Å². The molecule has 0 saturated heterocycles. The average Bonchev–Trinajstić information content (AvgIpc) is 3.47. The average molecular weight is 542 g/mol. The number of fused-ring (bicyclic) bond motifs is 3. The number of aryl methyl sites for hydroxylation is 1. The number of aromatic nitrogens is 1. The van der Waals surface area contributed by atoms with Crippen LogP contribution in [0.15, 0.2) is 78.9 Å². The van der Waals surface area contributed by atoms with Gasteiger partial charge >= 0.3 is 12.1 Å². The Morgan fingerprint density at radius 1 is 0.949 bits per heavy atom. The van der Waals surface area contributed by atoms with Crippen molar-refractivity contribution in [2.24, 2.45) is 0 Å². The first kappa shape index (κ1) is 26.1. The Hall–Kier alpha value is -4.50. The highest BCUT2D eigenvalue weighted by atomic mass is 32.1. The standard InChI is InChI=1S/C30H27N3O5S/c1-19-28(29(36)33(17-27(34)35)16-20-9-3-2-4-10-20)39-26(32-19)15-31-30(37)38-18-25-23-13-7-5-11-21(23)22-12-6-8-14-24(22)25/h2-14,25H,15-18H2,1H3,(H,31,37)(H,34,35). The number of alkyl carbamates (subject to hydrolysis) is 1. The summed E-state index contributed by atoms with van der Waals surface area (Å²) in [7, 11) is 0. The normalized spacial score (nSPS) is 11.9. The van der Waals surface area contributed by atoms with E-state index in [2.05, 4.69) is 34.6 Å². The summed E-state index contributed by atoms with van der Waals surface area (Å²) in [6, 6.07) is 25.5. The third-order valence-electron chi connectivity index (χ3n) is 6.59. The minimum Gasteiger partial charge on any atom is -0.480 e. The number of nitrogens with zero attached hydrogens (tertiary/aromatic N) is 2. The van der Waals surface area contributed by atoms with Crippen LogP contribution in [0.2, 0.25) is 0 Å². The summed E-state index contributed by atoms with van der Waals surface area (Å²) >= 11 is 1.13. The van der Waals surface area contributed by atoms with Crippen LogP contribution in [0.3, 0.4) is 0 Å². The topological polar surface area (TPSA) is 109 Å². The summed E-state index contributed by atoms with van der Waals surface area (Å²) in [6.07, 6.45) is -0.575. The summed E-state index contributed by atoms with van der Waals surface area (Å²) in [5.74, 6) is -1.55. The molecular formula is C30H27N3O5S. The first-order valence-corrected chi connectivity index (χ1v) is 13.3. The van der Waals surface area contributed by atoms with E-state index in [1.165, 1.54) is 4.90 Å². The molecule has 0 fully saturated rings. The van der Waals surface area contributed by atoms with E-state index in [4.69, 9.17) is 4.74 Å². The lowest BCUT2D eigenvalue weighted by molar-refractivity contribution is -0.137. The number of hydrogen-bond acceptors (Lipinski definition) is 6. The number of ether oxygens (including phenoxy) is 1. The number of hydrogen-bond donors (Lipinski definition) is 2. The number of carboxylic acid groups (broad SMARTS) is 1. The van der Waals surface area contributed by atoms with Crippen LogP contribution in [0.25, 0.3) is 11.1 Å². The highest BCUT2D eigenvalue weighted by molar-refractivity contribution is 7.13. The van der Waals surface area contributed by atoms with Crippen molar-refractivity contribution in [3.05, 3.63) is 111 Å². The van der Waals surface area contributed by atoms with E-state index < -0.39 is 24.5 Å². The predicted octanol–water partition coefficient (Wildman–Crippen LogP) is 5.22. The zero-order valence-corrected chi connectivity index (χ0v) is 22.1. The largest absolute Gasteiger partial charge is 0.480 e. The van der Waals surface area contributed by atoms with Crippen molar-refractivity contribution < 1.29 is 24.2 Å². The number of thiazole rings is 1. The second-order valence-corrected chi connectivity index (χ2v) is 10.3. The second-order valence-electron chi connectivity index (χ2n) is 9.24. The van der Waals surface area contributed by atoms with Gasteiger partial charge in [-0.3, -0.25) is 9.59 Å². The van der Waals surface area contributed by atoms with Gasteiger partial charge < -0.3 is 20.1 Å². The Labute approximate surface area is 229 Å². The summed E-state index contributed by atoms with van der Waals surface area (Å²) in [5, 5.41) is 12.6. The van der Waals surface area contributed by atoms with E-state index >= 15 is 0 Å². The highest BCUT2D eigenvalue weighted by Gasteiger charge is 2.29. The Kier molecular flexibility index (Phi) is 7.69. The highest BCUT2D eigenvalue weighted by Crippen LogP contribution is 2.44. The van der Waals surface area contributed by atoms with Crippen molar-refractivity contribution in [2.75, 3.05) is 13.2 Å². The summed E-state index contributed by atoms with van der Waals surface area (Å²) in [5.41, 5.74) is 5.88. The van der Waals surface area contributed by atoms with Gasteiger partial charge in [0.1, 0.15) is 23.0 Å². The first-order chi connectivity index (χ1) is 18.9. The maximum absolute atomic E-state index is 13.2. The molecule has 0 radical (unpaired) electrons. The molecule has 0 unspecified atom stereocenters. The second kappa shape index (κ2) is 11.5. The van der Waals surface area contributed by atoms with Gasteiger partial charge in [0.05, 0.1) is 12.2 Å². The van der Waals surface area contributed by atoms with Crippen LogP contribution in [-0.4, -0.2) is 46.1 Å². The molecule has 9 heteroatoms. The summed E-state index contributed by atoms with van der Waals surface area (Å²) in [6.45, 7) is 1.72. The number of amides is 2. The lowest BCUT2D eigenvalue weighted by atomic mass is 9.98. The van der Waals surface area contributed by atoms with E-state index in [0.717, 1.165) is 39.2 Å². The molecule has 0 aliphatic heterocycles. The predicted molar refractivity (Wildman–Crippen MR) is 148 cm³/mol. The van der Waals surface area contributed by atoms with Crippen molar-refractivity contribution in [1.82, 2.24) is 15.2 Å². The minimum absolute atomic E-state index is 0.0423. The fourth-order valence-electron chi connectivity index (χ4n) is 4.83. The molecular weight excluding hydrogens is 514 g/mol. The molecule has 2 N–H and O–H groups in total. The first-order valence-electron chi connectivity index (χ1n) is 12.5. The number of carboxylic acids is 1. The zero-order valence-electron chi connectivity index (χ0n) is 21.3. The molecule has 1 heterocycles. The SMILES string of the molecule is Cc1nc(CNC(=O)OCC2c3ccccc3-c3ccccc32)sc1C(=O)N(CC(=O)O)Cc1ccccc1. The molecule has 3 aromatic carbocycles. The fraction of sp³-hybridized carbons (Fsp3) is 0.200. The monoisotopic (exact) mass is 541 g/mol. The Bertz CT molecular complexity index is 1470. The van der Waals surface area contributed by atoms with Crippen LogP contribution in [0, 0.1) is 6.92 Å². The molecule has 39 heavy (non-hydrogen) atoms. The van der Waals surface area contributed by atoms with Crippen molar-refractivity contribution in [3.8, 4) is 11.1 Å². The number of carbonyl (C=O) groups excluding carboxylic acids is 2. The number of aliphatic carboxylic acids is 1. The molecule has 1 aromatic heterocycles. The molecule has 0 spiro atoms. The van der Waals surface area contributed by atoms with E-state index in [-0.39, 0.29) is 25.6 Å². The Morgan fingerprint density at radius 3 is 2.21 bits per heavy atom. The summed E-state index contributed by atoms with van der Waals surface area (Å²) < 4.78 is 5.58. The van der Waals surface area contributed by atoms with Crippen LogP contribution >= 0.6 is 11.3 Å². The Morgan fingerprint density at radius 2 is 1.56 bits per heavy atom. The van der Waals surface area contributed by atoms with Crippen molar-refractivity contribution >= 4 is 29.3 Å².